The van der Waals surface area contributed by atoms with E-state index in [0.29, 0.717) is 38.1 Å². The zero-order chi connectivity index (χ0) is 37.7. The zero-order valence-electron chi connectivity index (χ0n) is 32.0. The van der Waals surface area contributed by atoms with Gasteiger partial charge in [0.15, 0.2) is 0 Å². The topological polar surface area (TPSA) is 174 Å². The molecule has 5 fully saturated rings. The van der Waals surface area contributed by atoms with Gasteiger partial charge in [-0.05, 0) is 80.5 Å². The summed E-state index contributed by atoms with van der Waals surface area (Å²) < 4.78 is 28.8. The van der Waals surface area contributed by atoms with Gasteiger partial charge in [0.2, 0.25) is 27.6 Å². The molecule has 13 nitrogen and oxygen atoms in total. The summed E-state index contributed by atoms with van der Waals surface area (Å²) in [6, 6.07) is -3.62. The van der Waals surface area contributed by atoms with E-state index in [-0.39, 0.29) is 35.1 Å². The van der Waals surface area contributed by atoms with Crippen LogP contribution in [-0.4, -0.2) is 102 Å². The summed E-state index contributed by atoms with van der Waals surface area (Å²) in [6.45, 7) is 13.8. The van der Waals surface area contributed by atoms with Gasteiger partial charge in [-0.15, -0.1) is 0 Å². The van der Waals surface area contributed by atoms with Gasteiger partial charge in [-0.2, -0.15) is 0 Å². The Morgan fingerprint density at radius 3 is 2.14 bits per heavy atom. The number of Topliss-reactive ketones (excluding diaryl/α,β-unsaturated/α-hetero) is 1. The third kappa shape index (κ3) is 8.74. The first-order chi connectivity index (χ1) is 23.7. The van der Waals surface area contributed by atoms with Gasteiger partial charge in [-0.1, -0.05) is 67.2 Å². The number of hydrogen-bond acceptors (Lipinski definition) is 7. The van der Waals surface area contributed by atoms with E-state index < -0.39 is 68.6 Å². The van der Waals surface area contributed by atoms with Crippen LogP contribution in [0.1, 0.15) is 119 Å². The molecular weight excluding hydrogens is 673 g/mol. The highest BCUT2D eigenvalue weighted by atomic mass is 32.2. The Balaban J connectivity index is 1.32. The number of piperidine rings is 1. The lowest BCUT2D eigenvalue weighted by atomic mass is 9.83. The number of carbonyl (C=O) groups is 5. The van der Waals surface area contributed by atoms with Crippen LogP contribution >= 0.6 is 0 Å². The van der Waals surface area contributed by atoms with Crippen LogP contribution < -0.4 is 21.3 Å². The molecule has 4 N–H and O–H groups in total. The number of hydrogen-bond donors (Lipinski definition) is 4. The highest BCUT2D eigenvalue weighted by molar-refractivity contribution is 7.89. The molecule has 4 aliphatic carbocycles. The van der Waals surface area contributed by atoms with E-state index in [4.69, 9.17) is 0 Å². The highest BCUT2D eigenvalue weighted by Gasteiger charge is 2.70. The molecule has 0 unspecified atom stereocenters. The monoisotopic (exact) mass is 734 g/mol. The van der Waals surface area contributed by atoms with Crippen molar-refractivity contribution in [2.75, 3.05) is 19.3 Å². The number of amides is 5. The summed E-state index contributed by atoms with van der Waals surface area (Å²) in [4.78, 5) is 69.7. The van der Waals surface area contributed by atoms with Crippen molar-refractivity contribution < 1.29 is 32.4 Å². The lowest BCUT2D eigenvalue weighted by molar-refractivity contribution is -0.145. The van der Waals surface area contributed by atoms with Crippen LogP contribution in [0, 0.1) is 28.6 Å². The Labute approximate surface area is 304 Å². The molecule has 0 aromatic heterocycles. The molecule has 0 aromatic rings. The average Bonchev–Trinajstić information content (AvgIpc) is 4.00. The maximum atomic E-state index is 14.5. The van der Waals surface area contributed by atoms with Crippen molar-refractivity contribution in [1.29, 1.82) is 0 Å². The minimum absolute atomic E-state index is 0.00387. The summed E-state index contributed by atoms with van der Waals surface area (Å²) in [5, 5.41) is 11.5. The number of likely N-dealkylation sites (tertiary alicyclic amines) is 1. The van der Waals surface area contributed by atoms with Gasteiger partial charge in [-0.25, -0.2) is 17.5 Å². The minimum atomic E-state index is -3.69. The van der Waals surface area contributed by atoms with Crippen LogP contribution in [0.25, 0.3) is 0 Å². The molecule has 0 bridgehead atoms. The van der Waals surface area contributed by atoms with E-state index in [1.807, 2.05) is 34.6 Å². The fourth-order valence-corrected chi connectivity index (χ4v) is 10.5. The van der Waals surface area contributed by atoms with Gasteiger partial charge in [-0.3, -0.25) is 19.2 Å². The predicted molar refractivity (Wildman–Crippen MR) is 194 cm³/mol. The van der Waals surface area contributed by atoms with Crippen molar-refractivity contribution in [2.45, 2.75) is 155 Å². The standard InChI is InChI=1S/C37H62N6O7S/c1-9-13-26(29(44)32(46)38-24-16-17-24)39-31(45)28-27-25(36(27,6)7)20-43(28)33(47)30(35(3,4)5)40-34(48)41-37(18-11-10-12-19-37)21-51(49,50)42(8)22(2)23-14-15-23/h22-28,30H,9-21H2,1-8H3,(H,38,46)(H,39,45)(H2,40,41,48)/t22-,25+,26+,27+,28+,30-/m1/s1. The van der Waals surface area contributed by atoms with E-state index in [1.165, 1.54) is 4.31 Å². The Morgan fingerprint density at radius 1 is 0.961 bits per heavy atom. The van der Waals surface area contributed by atoms with E-state index in [2.05, 4.69) is 35.1 Å². The smallest absolute Gasteiger partial charge is 0.315 e. The van der Waals surface area contributed by atoms with Gasteiger partial charge in [0.05, 0.1) is 17.3 Å². The third-order valence-corrected chi connectivity index (χ3v) is 14.6. The summed E-state index contributed by atoms with van der Waals surface area (Å²) in [6.07, 6.45) is 8.12. The molecule has 1 saturated heterocycles. The highest BCUT2D eigenvalue weighted by Crippen LogP contribution is 2.65. The van der Waals surface area contributed by atoms with Crippen LogP contribution in [0.2, 0.25) is 0 Å². The lowest BCUT2D eigenvalue weighted by Gasteiger charge is -2.41. The number of ketones is 1. The van der Waals surface area contributed by atoms with E-state index in [9.17, 15) is 32.4 Å². The second-order valence-corrected chi connectivity index (χ2v) is 20.0. The van der Waals surface area contributed by atoms with Gasteiger partial charge in [0, 0.05) is 25.7 Å². The van der Waals surface area contributed by atoms with Crippen molar-refractivity contribution >= 4 is 39.6 Å². The van der Waals surface area contributed by atoms with Crippen LogP contribution in [-0.2, 0) is 29.2 Å². The number of fused-ring (bicyclic) bond motifs is 1. The van der Waals surface area contributed by atoms with Crippen LogP contribution in [0.3, 0.4) is 0 Å². The normalized spacial score (nSPS) is 27.1. The number of carbonyl (C=O) groups excluding carboxylic acids is 5. The van der Waals surface area contributed by atoms with Crippen LogP contribution in [0.15, 0.2) is 0 Å². The summed E-state index contributed by atoms with van der Waals surface area (Å²) in [7, 11) is -2.06. The van der Waals surface area contributed by atoms with E-state index in [0.717, 1.165) is 44.9 Å². The zero-order valence-corrected chi connectivity index (χ0v) is 32.8. The van der Waals surface area contributed by atoms with E-state index in [1.54, 1.807) is 11.9 Å². The number of nitrogens with zero attached hydrogens (tertiary/aromatic N) is 2. The second kappa shape index (κ2) is 14.6. The number of urea groups is 1. The Morgan fingerprint density at radius 2 is 1.59 bits per heavy atom. The summed E-state index contributed by atoms with van der Waals surface area (Å²) >= 11 is 0. The fourth-order valence-electron chi connectivity index (χ4n) is 8.61. The summed E-state index contributed by atoms with van der Waals surface area (Å²) in [5.74, 6) is -2.18. The molecule has 0 spiro atoms. The molecule has 0 radical (unpaired) electrons. The number of nitrogens with one attached hydrogen (secondary N) is 4. The second-order valence-electron chi connectivity index (χ2n) is 17.9. The maximum absolute atomic E-state index is 14.5. The third-order valence-electron chi connectivity index (χ3n) is 12.5. The molecule has 5 rings (SSSR count). The average molecular weight is 735 g/mol. The molecule has 0 aromatic carbocycles. The lowest BCUT2D eigenvalue weighted by Crippen LogP contribution is -2.64. The quantitative estimate of drug-likeness (QED) is 0.187. The molecular formula is C37H62N6O7S. The first kappa shape index (κ1) is 39.5. The molecule has 1 aliphatic heterocycles. The molecule has 4 saturated carbocycles. The molecule has 5 aliphatic rings. The number of sulfonamides is 1. The van der Waals surface area contributed by atoms with E-state index >= 15 is 0 Å². The molecule has 5 amide bonds. The maximum Gasteiger partial charge on any atom is 0.315 e. The van der Waals surface area contributed by atoms with Crippen molar-refractivity contribution in [3.05, 3.63) is 0 Å². The van der Waals surface area contributed by atoms with Gasteiger partial charge in [0.1, 0.15) is 12.1 Å². The molecule has 6 atom stereocenters. The molecule has 14 heteroatoms. The first-order valence-electron chi connectivity index (χ1n) is 19.2. The summed E-state index contributed by atoms with van der Waals surface area (Å²) in [5.41, 5.74) is -1.93. The van der Waals surface area contributed by atoms with Gasteiger partial charge in [0.25, 0.3) is 5.91 Å². The largest absolute Gasteiger partial charge is 0.347 e. The van der Waals surface area contributed by atoms with Crippen molar-refractivity contribution in [1.82, 2.24) is 30.5 Å². The van der Waals surface area contributed by atoms with Crippen molar-refractivity contribution in [2.24, 2.45) is 28.6 Å². The fraction of sp³-hybridized carbons (Fsp3) is 0.865. The SMILES string of the molecule is CCC[C@H](NC(=O)[C@@H]1[C@@H]2[C@H](CN1C(=O)[C@@H](NC(=O)NC1(CS(=O)(=O)N(C)[C@H](C)C3CC3)CCCCC1)C(C)(C)C)C2(C)C)C(=O)C(=O)NC1CC1. The number of rotatable bonds is 15. The van der Waals surface area contributed by atoms with Crippen molar-refractivity contribution in [3.63, 3.8) is 0 Å². The predicted octanol–water partition coefficient (Wildman–Crippen LogP) is 3.08. The molecule has 288 valence electrons. The van der Waals surface area contributed by atoms with Crippen LogP contribution in [0.4, 0.5) is 4.79 Å². The minimum Gasteiger partial charge on any atom is -0.347 e. The molecule has 1 heterocycles. The van der Waals surface area contributed by atoms with Crippen LogP contribution in [0.5, 0.6) is 0 Å². The Hall–Kier alpha value is -2.74. The first-order valence-corrected chi connectivity index (χ1v) is 20.8. The Bertz CT molecular complexity index is 1480. The van der Waals surface area contributed by atoms with Crippen molar-refractivity contribution in [3.8, 4) is 0 Å². The molecule has 51 heavy (non-hydrogen) atoms. The Kier molecular flexibility index (Phi) is 11.3. The van der Waals surface area contributed by atoms with Gasteiger partial charge < -0.3 is 26.2 Å². The van der Waals surface area contributed by atoms with Gasteiger partial charge >= 0.3 is 6.03 Å².